The molecule has 0 aliphatic carbocycles. The average Bonchev–Trinajstić information content (AvgIpc) is 2.89. The summed E-state index contributed by atoms with van der Waals surface area (Å²) in [6, 6.07) is 2.92. The summed E-state index contributed by atoms with van der Waals surface area (Å²) in [4.78, 5) is 11.6. The van der Waals surface area contributed by atoms with Gasteiger partial charge in [0, 0.05) is 6.61 Å². The summed E-state index contributed by atoms with van der Waals surface area (Å²) in [7, 11) is 0. The first-order chi connectivity index (χ1) is 9.49. The van der Waals surface area contributed by atoms with Crippen LogP contribution in [-0.2, 0) is 4.74 Å². The highest BCUT2D eigenvalue weighted by atomic mass is 16.5. The Balaban J connectivity index is 2.16. The van der Waals surface area contributed by atoms with Crippen molar-refractivity contribution in [1.29, 1.82) is 0 Å². The zero-order chi connectivity index (χ0) is 15.0. The second kappa shape index (κ2) is 8.60. The summed E-state index contributed by atoms with van der Waals surface area (Å²) in [5.74, 6) is 0.901. The Morgan fingerprint density at radius 3 is 2.75 bits per heavy atom. The molecule has 20 heavy (non-hydrogen) atoms. The predicted octanol–water partition coefficient (Wildman–Crippen LogP) is 1.67. The second-order valence-corrected chi connectivity index (χ2v) is 5.22. The number of carbonyl (C=O) groups excluding carboxylic acids is 1. The van der Waals surface area contributed by atoms with Crippen molar-refractivity contribution >= 4 is 6.03 Å². The van der Waals surface area contributed by atoms with Crippen molar-refractivity contribution in [2.75, 3.05) is 19.8 Å². The number of rotatable bonds is 8. The van der Waals surface area contributed by atoms with Crippen molar-refractivity contribution < 1.29 is 19.1 Å². The molecule has 114 valence electrons. The van der Waals surface area contributed by atoms with Gasteiger partial charge in [-0.05, 0) is 25.0 Å². The lowest BCUT2D eigenvalue weighted by atomic mass is 10.2. The number of aliphatic hydroxyl groups excluding tert-OH is 1. The lowest BCUT2D eigenvalue weighted by molar-refractivity contribution is 0.0949. The summed E-state index contributed by atoms with van der Waals surface area (Å²) in [6.07, 6.45) is 0.635. The van der Waals surface area contributed by atoms with E-state index in [9.17, 15) is 9.90 Å². The summed E-state index contributed by atoms with van der Waals surface area (Å²) < 4.78 is 10.5. The number of aliphatic hydroxyl groups is 1. The normalized spacial score (nSPS) is 14.1. The molecule has 0 radical (unpaired) electrons. The monoisotopic (exact) mass is 284 g/mol. The van der Waals surface area contributed by atoms with E-state index in [1.165, 1.54) is 6.26 Å². The maximum absolute atomic E-state index is 11.6. The van der Waals surface area contributed by atoms with Gasteiger partial charge in [-0.15, -0.1) is 0 Å². The Bertz CT molecular complexity index is 379. The van der Waals surface area contributed by atoms with Gasteiger partial charge in [-0.1, -0.05) is 13.8 Å². The molecule has 0 saturated carbocycles. The topological polar surface area (TPSA) is 83.7 Å². The van der Waals surface area contributed by atoms with E-state index in [0.717, 1.165) is 0 Å². The lowest BCUT2D eigenvalue weighted by Crippen LogP contribution is -2.44. The molecular weight excluding hydrogens is 260 g/mol. The van der Waals surface area contributed by atoms with Gasteiger partial charge in [-0.3, -0.25) is 0 Å². The van der Waals surface area contributed by atoms with Crippen LogP contribution in [0.4, 0.5) is 4.79 Å². The van der Waals surface area contributed by atoms with Gasteiger partial charge in [-0.25, -0.2) is 4.79 Å². The molecule has 0 spiro atoms. The van der Waals surface area contributed by atoms with Crippen molar-refractivity contribution in [3.8, 4) is 0 Å². The molecule has 2 unspecified atom stereocenters. The Hall–Kier alpha value is -1.53. The van der Waals surface area contributed by atoms with Crippen molar-refractivity contribution in [2.45, 2.75) is 32.9 Å². The third-order valence-corrected chi connectivity index (χ3v) is 2.52. The zero-order valence-corrected chi connectivity index (χ0v) is 12.3. The Morgan fingerprint density at radius 1 is 1.40 bits per heavy atom. The summed E-state index contributed by atoms with van der Waals surface area (Å²) in [5, 5.41) is 15.1. The molecule has 0 aromatic carbocycles. The standard InChI is InChI=1S/C14H24N2O4/c1-10(2)8-19-9-11(3)16-14(18)15-7-12(17)13-5-4-6-20-13/h4-6,10-12,17H,7-9H2,1-3H3,(H2,15,16,18). The summed E-state index contributed by atoms with van der Waals surface area (Å²) >= 11 is 0. The van der Waals surface area contributed by atoms with Crippen LogP contribution in [0.3, 0.4) is 0 Å². The molecule has 2 atom stereocenters. The average molecular weight is 284 g/mol. The molecule has 0 aliphatic rings. The Kier molecular flexibility index (Phi) is 7.11. The number of hydrogen-bond acceptors (Lipinski definition) is 4. The van der Waals surface area contributed by atoms with Gasteiger partial charge in [0.05, 0.1) is 25.5 Å². The fraction of sp³-hybridized carbons (Fsp3) is 0.643. The van der Waals surface area contributed by atoms with Crippen molar-refractivity contribution in [2.24, 2.45) is 5.92 Å². The number of hydrogen-bond donors (Lipinski definition) is 3. The maximum Gasteiger partial charge on any atom is 0.315 e. The number of furan rings is 1. The van der Waals surface area contributed by atoms with Crippen LogP contribution in [0.2, 0.25) is 0 Å². The lowest BCUT2D eigenvalue weighted by Gasteiger charge is -2.16. The molecule has 6 nitrogen and oxygen atoms in total. The number of ether oxygens (including phenoxy) is 1. The van der Waals surface area contributed by atoms with Crippen LogP contribution in [0.15, 0.2) is 22.8 Å². The van der Waals surface area contributed by atoms with Crippen LogP contribution in [0.1, 0.15) is 32.6 Å². The molecule has 3 N–H and O–H groups in total. The molecule has 1 aromatic rings. The van der Waals surface area contributed by atoms with Gasteiger partial charge < -0.3 is 24.9 Å². The molecule has 0 bridgehead atoms. The van der Waals surface area contributed by atoms with Gasteiger partial charge in [0.1, 0.15) is 11.9 Å². The molecule has 1 aromatic heterocycles. The van der Waals surface area contributed by atoms with E-state index in [4.69, 9.17) is 9.15 Å². The molecule has 0 fully saturated rings. The fourth-order valence-electron chi connectivity index (χ4n) is 1.57. The Labute approximate surface area is 119 Å². The SMILES string of the molecule is CC(C)COCC(C)NC(=O)NCC(O)c1ccco1. The van der Waals surface area contributed by atoms with Crippen LogP contribution in [-0.4, -0.2) is 36.9 Å². The van der Waals surface area contributed by atoms with E-state index in [1.807, 2.05) is 6.92 Å². The van der Waals surface area contributed by atoms with Crippen LogP contribution < -0.4 is 10.6 Å². The highest BCUT2D eigenvalue weighted by Crippen LogP contribution is 2.11. The summed E-state index contributed by atoms with van der Waals surface area (Å²) in [6.45, 7) is 7.24. The number of carbonyl (C=O) groups is 1. The van der Waals surface area contributed by atoms with Gasteiger partial charge in [0.2, 0.25) is 0 Å². The van der Waals surface area contributed by atoms with E-state index in [2.05, 4.69) is 24.5 Å². The molecule has 2 amide bonds. The van der Waals surface area contributed by atoms with Crippen molar-refractivity contribution in [3.63, 3.8) is 0 Å². The first-order valence-electron chi connectivity index (χ1n) is 6.82. The van der Waals surface area contributed by atoms with Gasteiger partial charge >= 0.3 is 6.03 Å². The molecule has 1 heterocycles. The van der Waals surface area contributed by atoms with Crippen LogP contribution in [0.5, 0.6) is 0 Å². The highest BCUT2D eigenvalue weighted by molar-refractivity contribution is 5.74. The minimum atomic E-state index is -0.844. The van der Waals surface area contributed by atoms with E-state index in [1.54, 1.807) is 12.1 Å². The van der Waals surface area contributed by atoms with Gasteiger partial charge in [-0.2, -0.15) is 0 Å². The largest absolute Gasteiger partial charge is 0.467 e. The third kappa shape index (κ3) is 6.58. The first-order valence-corrected chi connectivity index (χ1v) is 6.82. The van der Waals surface area contributed by atoms with Gasteiger partial charge in [0.15, 0.2) is 0 Å². The van der Waals surface area contributed by atoms with E-state index < -0.39 is 6.10 Å². The van der Waals surface area contributed by atoms with Crippen LogP contribution >= 0.6 is 0 Å². The molecule has 6 heteroatoms. The predicted molar refractivity (Wildman–Crippen MR) is 75.3 cm³/mol. The van der Waals surface area contributed by atoms with Crippen LogP contribution in [0, 0.1) is 5.92 Å². The Morgan fingerprint density at radius 2 is 2.15 bits per heavy atom. The number of amides is 2. The number of urea groups is 1. The highest BCUT2D eigenvalue weighted by Gasteiger charge is 2.13. The minimum Gasteiger partial charge on any atom is -0.467 e. The summed E-state index contributed by atoms with van der Waals surface area (Å²) in [5.41, 5.74) is 0. The first kappa shape index (κ1) is 16.5. The molecule has 0 aliphatic heterocycles. The minimum absolute atomic E-state index is 0.0884. The quantitative estimate of drug-likeness (QED) is 0.678. The van der Waals surface area contributed by atoms with E-state index >= 15 is 0 Å². The smallest absolute Gasteiger partial charge is 0.315 e. The zero-order valence-electron chi connectivity index (χ0n) is 12.3. The fourth-order valence-corrected chi connectivity index (χ4v) is 1.57. The molecule has 0 saturated heterocycles. The van der Waals surface area contributed by atoms with E-state index in [0.29, 0.717) is 24.9 Å². The second-order valence-electron chi connectivity index (χ2n) is 5.22. The maximum atomic E-state index is 11.6. The molecular formula is C14H24N2O4. The van der Waals surface area contributed by atoms with E-state index in [-0.39, 0.29) is 18.6 Å². The van der Waals surface area contributed by atoms with Crippen molar-refractivity contribution in [1.82, 2.24) is 10.6 Å². The third-order valence-electron chi connectivity index (χ3n) is 2.52. The van der Waals surface area contributed by atoms with Crippen LogP contribution in [0.25, 0.3) is 0 Å². The molecule has 1 rings (SSSR count). The number of nitrogens with one attached hydrogen (secondary N) is 2. The van der Waals surface area contributed by atoms with Crippen molar-refractivity contribution in [3.05, 3.63) is 24.2 Å². The van der Waals surface area contributed by atoms with Gasteiger partial charge in [0.25, 0.3) is 0 Å².